The molecular weight excluding hydrogens is 127 g/mol. The van der Waals surface area contributed by atoms with E-state index in [1.54, 1.807) is 0 Å². The summed E-state index contributed by atoms with van der Waals surface area (Å²) in [5.74, 6) is 0. The lowest BCUT2D eigenvalue weighted by Gasteiger charge is -2.01. The third-order valence-corrected chi connectivity index (χ3v) is 0.885. The fourth-order valence-corrected chi connectivity index (χ4v) is 0.371. The first-order valence-corrected chi connectivity index (χ1v) is 2.64. The molecule has 0 saturated carbocycles. The Morgan fingerprint density at radius 2 is 2.22 bits per heavy atom. The smallest absolute Gasteiger partial charge is 0.301 e. The van der Waals surface area contributed by atoms with Crippen LogP contribution in [0.5, 0.6) is 0 Å². The molecule has 1 atom stereocenters. The maximum absolute atomic E-state index is 11.4. The van der Waals surface area contributed by atoms with Gasteiger partial charge in [-0.1, -0.05) is 0 Å². The number of carbonyl (C=O) groups is 1. The van der Waals surface area contributed by atoms with Crippen molar-refractivity contribution in [3.63, 3.8) is 0 Å². The summed E-state index contributed by atoms with van der Waals surface area (Å²) in [5, 5.41) is 16.7. The van der Waals surface area contributed by atoms with Crippen LogP contribution < -0.4 is 0 Å². The summed E-state index contributed by atoms with van der Waals surface area (Å²) in [6.07, 6.45) is -1.29. The van der Waals surface area contributed by atoms with Crippen molar-refractivity contribution < 1.29 is 19.4 Å². The molecule has 2 N–H and O–H groups in total. The van der Waals surface area contributed by atoms with Crippen LogP contribution in [0.1, 0.15) is 12.8 Å². The largest absolute Gasteiger partial charge is 0.394 e. The van der Waals surface area contributed by atoms with E-state index in [0.29, 0.717) is 0 Å². The Kier molecular flexibility index (Phi) is 4.17. The first kappa shape index (κ1) is 8.52. The molecule has 0 aromatic heterocycles. The van der Waals surface area contributed by atoms with Crippen LogP contribution in [-0.4, -0.2) is 29.0 Å². The minimum Gasteiger partial charge on any atom is -0.394 e. The van der Waals surface area contributed by atoms with Gasteiger partial charge in [0.2, 0.25) is 0 Å². The van der Waals surface area contributed by atoms with E-state index in [1.807, 2.05) is 0 Å². The summed E-state index contributed by atoms with van der Waals surface area (Å²) in [6, 6.07) is -1.46. The Labute approximate surface area is 52.1 Å². The van der Waals surface area contributed by atoms with Gasteiger partial charge in [0, 0.05) is 6.42 Å². The standard InChI is InChI=1S/C5H9FO3/c6-5(9)2-1-4(8)3-7/h4,7-8H,1-3H2. The Bertz CT molecular complexity index is 94.2. The van der Waals surface area contributed by atoms with Gasteiger partial charge in [0.25, 0.3) is 0 Å². The van der Waals surface area contributed by atoms with E-state index in [1.165, 1.54) is 0 Å². The summed E-state index contributed by atoms with van der Waals surface area (Å²) in [5.41, 5.74) is 0. The molecule has 1 unspecified atom stereocenters. The lowest BCUT2D eigenvalue weighted by molar-refractivity contribution is -0.129. The molecule has 0 aromatic carbocycles. The molecule has 0 aliphatic carbocycles. The minimum absolute atomic E-state index is 0.00810. The Morgan fingerprint density at radius 1 is 1.67 bits per heavy atom. The van der Waals surface area contributed by atoms with Crippen molar-refractivity contribution in [2.24, 2.45) is 0 Å². The van der Waals surface area contributed by atoms with Gasteiger partial charge < -0.3 is 10.2 Å². The van der Waals surface area contributed by atoms with Crippen LogP contribution in [0.4, 0.5) is 4.39 Å². The van der Waals surface area contributed by atoms with Crippen molar-refractivity contribution in [1.29, 1.82) is 0 Å². The first-order valence-electron chi connectivity index (χ1n) is 2.64. The maximum Gasteiger partial charge on any atom is 0.301 e. The lowest BCUT2D eigenvalue weighted by Crippen LogP contribution is -2.12. The quantitative estimate of drug-likeness (QED) is 0.518. The molecule has 3 nitrogen and oxygen atoms in total. The molecule has 0 spiro atoms. The van der Waals surface area contributed by atoms with E-state index in [0.717, 1.165) is 0 Å². The van der Waals surface area contributed by atoms with E-state index in [9.17, 15) is 9.18 Å². The molecule has 0 fully saturated rings. The fourth-order valence-electron chi connectivity index (χ4n) is 0.371. The summed E-state index contributed by atoms with van der Waals surface area (Å²) in [6.45, 7) is -0.423. The molecule has 0 heterocycles. The molecule has 0 rings (SSSR count). The highest BCUT2D eigenvalue weighted by Crippen LogP contribution is 1.96. The predicted octanol–water partition coefficient (Wildman–Crippen LogP) is -0.384. The molecule has 0 aromatic rings. The first-order chi connectivity index (χ1) is 4.16. The fraction of sp³-hybridized carbons (Fsp3) is 0.800. The molecule has 0 amide bonds. The average molecular weight is 136 g/mol. The topological polar surface area (TPSA) is 57.5 Å². The SMILES string of the molecule is O=C(F)CCC(O)CO. The second kappa shape index (κ2) is 4.40. The number of rotatable bonds is 4. The summed E-state index contributed by atoms with van der Waals surface area (Å²) < 4.78 is 11.4. The van der Waals surface area contributed by atoms with Crippen molar-refractivity contribution in [2.75, 3.05) is 6.61 Å². The molecule has 9 heavy (non-hydrogen) atoms. The summed E-state index contributed by atoms with van der Waals surface area (Å²) >= 11 is 0. The predicted molar refractivity (Wildman–Crippen MR) is 28.4 cm³/mol. The third-order valence-electron chi connectivity index (χ3n) is 0.885. The lowest BCUT2D eigenvalue weighted by atomic mass is 10.2. The van der Waals surface area contributed by atoms with E-state index < -0.39 is 18.7 Å². The summed E-state index contributed by atoms with van der Waals surface area (Å²) in [4.78, 5) is 9.60. The van der Waals surface area contributed by atoms with E-state index in [4.69, 9.17) is 10.2 Å². The number of hydrogen-bond donors (Lipinski definition) is 2. The minimum atomic E-state index is -1.46. The van der Waals surface area contributed by atoms with Gasteiger partial charge in [-0.3, -0.25) is 4.79 Å². The van der Waals surface area contributed by atoms with Gasteiger partial charge in [0.1, 0.15) is 0 Å². The van der Waals surface area contributed by atoms with Crippen LogP contribution in [0.2, 0.25) is 0 Å². The zero-order valence-corrected chi connectivity index (χ0v) is 4.88. The highest BCUT2D eigenvalue weighted by atomic mass is 19.1. The van der Waals surface area contributed by atoms with Gasteiger partial charge in [-0.15, -0.1) is 0 Å². The molecule has 0 aliphatic rings. The van der Waals surface area contributed by atoms with Crippen LogP contribution >= 0.6 is 0 Å². The van der Waals surface area contributed by atoms with Gasteiger partial charge in [-0.05, 0) is 6.42 Å². The highest BCUT2D eigenvalue weighted by molar-refractivity contribution is 5.67. The molecule has 0 aliphatic heterocycles. The Hall–Kier alpha value is -0.480. The van der Waals surface area contributed by atoms with Crippen molar-refractivity contribution in [1.82, 2.24) is 0 Å². The highest BCUT2D eigenvalue weighted by Gasteiger charge is 2.04. The van der Waals surface area contributed by atoms with Gasteiger partial charge >= 0.3 is 6.04 Å². The van der Waals surface area contributed by atoms with Gasteiger partial charge in [-0.25, -0.2) is 0 Å². The van der Waals surface area contributed by atoms with Gasteiger partial charge in [0.05, 0.1) is 12.7 Å². The zero-order valence-electron chi connectivity index (χ0n) is 4.88. The molecule has 0 bridgehead atoms. The molecule has 4 heteroatoms. The van der Waals surface area contributed by atoms with Crippen molar-refractivity contribution in [3.8, 4) is 0 Å². The molecule has 0 radical (unpaired) electrons. The zero-order chi connectivity index (χ0) is 7.28. The van der Waals surface area contributed by atoms with Crippen LogP contribution in [0.25, 0.3) is 0 Å². The maximum atomic E-state index is 11.4. The average Bonchev–Trinajstić information content (AvgIpc) is 1.83. The van der Waals surface area contributed by atoms with Crippen molar-refractivity contribution in [3.05, 3.63) is 0 Å². The van der Waals surface area contributed by atoms with Crippen LogP contribution in [-0.2, 0) is 4.79 Å². The Balaban J connectivity index is 3.16. The Morgan fingerprint density at radius 3 is 2.56 bits per heavy atom. The monoisotopic (exact) mass is 136 g/mol. The van der Waals surface area contributed by atoms with E-state index >= 15 is 0 Å². The number of hydrogen-bond acceptors (Lipinski definition) is 3. The molecular formula is C5H9FO3. The van der Waals surface area contributed by atoms with E-state index in [-0.39, 0.29) is 12.8 Å². The summed E-state index contributed by atoms with van der Waals surface area (Å²) in [7, 11) is 0. The van der Waals surface area contributed by atoms with Crippen LogP contribution in [0.3, 0.4) is 0 Å². The van der Waals surface area contributed by atoms with E-state index in [2.05, 4.69) is 0 Å². The molecule has 54 valence electrons. The van der Waals surface area contributed by atoms with Crippen molar-refractivity contribution >= 4 is 6.04 Å². The molecule has 0 saturated heterocycles. The normalized spacial score (nSPS) is 13.2. The number of aliphatic hydroxyl groups is 2. The third kappa shape index (κ3) is 5.39. The van der Waals surface area contributed by atoms with Gasteiger partial charge in [0.15, 0.2) is 0 Å². The number of halogens is 1. The second-order valence-corrected chi connectivity index (χ2v) is 1.73. The number of carbonyl (C=O) groups excluding carboxylic acids is 1. The van der Waals surface area contributed by atoms with Crippen LogP contribution in [0, 0.1) is 0 Å². The second-order valence-electron chi connectivity index (χ2n) is 1.73. The van der Waals surface area contributed by atoms with Crippen LogP contribution in [0.15, 0.2) is 0 Å². The van der Waals surface area contributed by atoms with Crippen molar-refractivity contribution in [2.45, 2.75) is 18.9 Å². The van der Waals surface area contributed by atoms with Gasteiger partial charge in [-0.2, -0.15) is 4.39 Å². The number of aliphatic hydroxyl groups excluding tert-OH is 2.